The van der Waals surface area contributed by atoms with Crippen molar-refractivity contribution in [3.05, 3.63) is 36.2 Å². The van der Waals surface area contributed by atoms with Crippen LogP contribution in [0.15, 0.2) is 34.9 Å². The fourth-order valence-electron chi connectivity index (χ4n) is 1.04. The van der Waals surface area contributed by atoms with Gasteiger partial charge >= 0.3 is 0 Å². The van der Waals surface area contributed by atoms with Crippen molar-refractivity contribution in [1.29, 1.82) is 0 Å². The van der Waals surface area contributed by atoms with Crippen LogP contribution < -0.4 is 0 Å². The second-order valence-electron chi connectivity index (χ2n) is 2.70. The highest BCUT2D eigenvalue weighted by Crippen LogP contribution is 2.16. The first-order valence-electron chi connectivity index (χ1n) is 4.02. The van der Waals surface area contributed by atoms with Crippen molar-refractivity contribution in [2.45, 2.75) is 6.29 Å². The van der Waals surface area contributed by atoms with Gasteiger partial charge in [-0.3, -0.25) is 0 Å². The summed E-state index contributed by atoms with van der Waals surface area (Å²) in [6, 6.07) is 9.14. The Morgan fingerprint density at radius 3 is 2.43 bits per heavy atom. The average molecular weight is 192 g/mol. The second kappa shape index (κ2) is 3.57. The van der Waals surface area contributed by atoms with E-state index in [1.165, 1.54) is 0 Å². The molecule has 1 aromatic heterocycles. The van der Waals surface area contributed by atoms with Gasteiger partial charge in [0.25, 0.3) is 5.89 Å². The number of aliphatic hydroxyl groups excluding tert-OH is 1. The van der Waals surface area contributed by atoms with Gasteiger partial charge in [0.1, 0.15) is 0 Å². The Bertz CT molecular complexity index is 411. The average Bonchev–Trinajstić information content (AvgIpc) is 2.68. The predicted octanol–water partition coefficient (Wildman–Crippen LogP) is 0.720. The monoisotopic (exact) mass is 192 g/mol. The first-order chi connectivity index (χ1) is 6.77. The lowest BCUT2D eigenvalue weighted by atomic mass is 10.2. The van der Waals surface area contributed by atoms with Gasteiger partial charge < -0.3 is 14.7 Å². The molecule has 0 aliphatic carbocycles. The molecule has 72 valence electrons. The van der Waals surface area contributed by atoms with Crippen LogP contribution in [0.1, 0.15) is 12.2 Å². The van der Waals surface area contributed by atoms with Gasteiger partial charge in [-0.05, 0) is 0 Å². The van der Waals surface area contributed by atoms with E-state index < -0.39 is 6.29 Å². The molecule has 2 rings (SSSR count). The van der Waals surface area contributed by atoms with Gasteiger partial charge in [0.05, 0.1) is 0 Å². The zero-order chi connectivity index (χ0) is 9.97. The molecular formula is C9H8N2O3. The lowest BCUT2D eigenvalue weighted by Gasteiger charge is -1.92. The molecule has 14 heavy (non-hydrogen) atoms. The van der Waals surface area contributed by atoms with Crippen LogP contribution in [0, 0.1) is 0 Å². The maximum atomic E-state index is 8.74. The van der Waals surface area contributed by atoms with Crippen LogP contribution >= 0.6 is 0 Å². The van der Waals surface area contributed by atoms with E-state index in [2.05, 4.69) is 14.7 Å². The molecule has 0 unspecified atom stereocenters. The van der Waals surface area contributed by atoms with E-state index in [0.717, 1.165) is 5.56 Å². The quantitative estimate of drug-likeness (QED) is 0.685. The lowest BCUT2D eigenvalue weighted by Crippen LogP contribution is -1.94. The van der Waals surface area contributed by atoms with Crippen molar-refractivity contribution in [3.8, 4) is 11.4 Å². The van der Waals surface area contributed by atoms with Crippen molar-refractivity contribution >= 4 is 0 Å². The molecule has 0 saturated heterocycles. The number of hydrogen-bond donors (Lipinski definition) is 2. The number of rotatable bonds is 2. The van der Waals surface area contributed by atoms with Crippen LogP contribution in [0.2, 0.25) is 0 Å². The first kappa shape index (κ1) is 8.86. The third-order valence-electron chi connectivity index (χ3n) is 1.69. The van der Waals surface area contributed by atoms with E-state index in [9.17, 15) is 0 Å². The largest absolute Gasteiger partial charge is 0.361 e. The predicted molar refractivity (Wildman–Crippen MR) is 46.9 cm³/mol. The maximum Gasteiger partial charge on any atom is 0.283 e. The molecule has 0 amide bonds. The molecule has 5 heteroatoms. The fourth-order valence-corrected chi connectivity index (χ4v) is 1.04. The number of nitrogens with zero attached hydrogens (tertiary/aromatic N) is 2. The zero-order valence-corrected chi connectivity index (χ0v) is 7.16. The van der Waals surface area contributed by atoms with E-state index in [4.69, 9.17) is 10.2 Å². The zero-order valence-electron chi connectivity index (χ0n) is 7.16. The summed E-state index contributed by atoms with van der Waals surface area (Å²) in [5, 5.41) is 21.1. The van der Waals surface area contributed by atoms with E-state index >= 15 is 0 Å². The molecule has 1 heterocycles. The standard InChI is InChI=1S/C9H8N2O3/c12-9(13)8-10-7(11-14-8)6-4-2-1-3-5-6/h1-5,9,12-13H. The van der Waals surface area contributed by atoms with Gasteiger partial charge in [-0.2, -0.15) is 4.98 Å². The van der Waals surface area contributed by atoms with Crippen molar-refractivity contribution in [1.82, 2.24) is 10.1 Å². The van der Waals surface area contributed by atoms with Crippen LogP contribution in [-0.2, 0) is 0 Å². The summed E-state index contributed by atoms with van der Waals surface area (Å²) in [7, 11) is 0. The summed E-state index contributed by atoms with van der Waals surface area (Å²) in [4.78, 5) is 3.80. The summed E-state index contributed by atoms with van der Waals surface area (Å²) < 4.78 is 4.62. The lowest BCUT2D eigenvalue weighted by molar-refractivity contribution is -0.0651. The maximum absolute atomic E-state index is 8.74. The molecule has 0 aliphatic rings. The summed E-state index contributed by atoms with van der Waals surface area (Å²) in [6.45, 7) is 0. The number of aromatic nitrogens is 2. The summed E-state index contributed by atoms with van der Waals surface area (Å²) in [6.07, 6.45) is -1.72. The van der Waals surface area contributed by atoms with Crippen LogP contribution in [-0.4, -0.2) is 20.4 Å². The Hall–Kier alpha value is -1.72. The fraction of sp³-hybridized carbons (Fsp3) is 0.111. The van der Waals surface area contributed by atoms with Crippen molar-refractivity contribution in [2.75, 3.05) is 0 Å². The Morgan fingerprint density at radius 2 is 1.86 bits per heavy atom. The Balaban J connectivity index is 2.34. The highest BCUT2D eigenvalue weighted by Gasteiger charge is 2.13. The van der Waals surface area contributed by atoms with E-state index in [1.54, 1.807) is 12.1 Å². The molecule has 2 N–H and O–H groups in total. The first-order valence-corrected chi connectivity index (χ1v) is 4.02. The summed E-state index contributed by atoms with van der Waals surface area (Å²) in [5.41, 5.74) is 0.767. The van der Waals surface area contributed by atoms with Gasteiger partial charge in [-0.25, -0.2) is 0 Å². The highest BCUT2D eigenvalue weighted by atomic mass is 16.5. The number of benzene rings is 1. The SMILES string of the molecule is OC(O)c1nc(-c2ccccc2)no1. The van der Waals surface area contributed by atoms with E-state index in [1.807, 2.05) is 18.2 Å². The Kier molecular flexibility index (Phi) is 2.26. The third-order valence-corrected chi connectivity index (χ3v) is 1.69. The van der Waals surface area contributed by atoms with E-state index in [0.29, 0.717) is 5.82 Å². The number of hydrogen-bond acceptors (Lipinski definition) is 5. The molecule has 5 nitrogen and oxygen atoms in total. The van der Waals surface area contributed by atoms with Gasteiger partial charge in [-0.1, -0.05) is 35.5 Å². The summed E-state index contributed by atoms with van der Waals surface area (Å²) in [5.74, 6) is 0.137. The van der Waals surface area contributed by atoms with E-state index in [-0.39, 0.29) is 5.89 Å². The third kappa shape index (κ3) is 1.63. The van der Waals surface area contributed by atoms with Crippen LogP contribution in [0.3, 0.4) is 0 Å². The summed E-state index contributed by atoms with van der Waals surface area (Å²) >= 11 is 0. The highest BCUT2D eigenvalue weighted by molar-refractivity contribution is 5.53. The molecule has 0 bridgehead atoms. The molecule has 2 aromatic rings. The molecule has 0 fully saturated rings. The minimum absolute atomic E-state index is 0.205. The minimum Gasteiger partial charge on any atom is -0.361 e. The van der Waals surface area contributed by atoms with Gasteiger partial charge in [0.2, 0.25) is 12.1 Å². The Labute approximate surface area is 79.6 Å². The molecule has 1 aromatic carbocycles. The molecular weight excluding hydrogens is 184 g/mol. The number of aliphatic hydroxyl groups is 2. The second-order valence-corrected chi connectivity index (χ2v) is 2.70. The Morgan fingerprint density at radius 1 is 1.14 bits per heavy atom. The minimum atomic E-state index is -1.72. The van der Waals surface area contributed by atoms with Crippen LogP contribution in [0.25, 0.3) is 11.4 Å². The van der Waals surface area contributed by atoms with Gasteiger partial charge in [0.15, 0.2) is 0 Å². The molecule has 0 atom stereocenters. The molecule has 0 saturated carbocycles. The van der Waals surface area contributed by atoms with Crippen molar-refractivity contribution in [3.63, 3.8) is 0 Å². The topological polar surface area (TPSA) is 79.4 Å². The molecule has 0 aliphatic heterocycles. The van der Waals surface area contributed by atoms with Crippen molar-refractivity contribution < 1.29 is 14.7 Å². The molecule has 0 spiro atoms. The van der Waals surface area contributed by atoms with Crippen molar-refractivity contribution in [2.24, 2.45) is 0 Å². The van der Waals surface area contributed by atoms with Gasteiger partial charge in [-0.15, -0.1) is 0 Å². The van der Waals surface area contributed by atoms with Crippen LogP contribution in [0.4, 0.5) is 0 Å². The van der Waals surface area contributed by atoms with Crippen LogP contribution in [0.5, 0.6) is 0 Å². The molecule has 0 radical (unpaired) electrons. The normalized spacial score (nSPS) is 10.8. The smallest absolute Gasteiger partial charge is 0.283 e. The van der Waals surface area contributed by atoms with Gasteiger partial charge in [0, 0.05) is 5.56 Å².